The van der Waals surface area contributed by atoms with Crippen LogP contribution in [0.3, 0.4) is 0 Å². The monoisotopic (exact) mass is 648 g/mol. The molecule has 3 aromatic carbocycles. The Balaban J connectivity index is 1.40. The number of aliphatic hydroxyl groups is 1. The zero-order chi connectivity index (χ0) is 33.2. The van der Waals surface area contributed by atoms with Crippen LogP contribution >= 0.6 is 0 Å². The molecule has 0 aliphatic carbocycles. The Kier molecular flexibility index (Phi) is 9.71. The Morgan fingerprint density at radius 1 is 1.15 bits per heavy atom. The molecule has 46 heavy (non-hydrogen) atoms. The van der Waals surface area contributed by atoms with E-state index in [4.69, 9.17) is 9.47 Å². The lowest BCUT2D eigenvalue weighted by atomic mass is 9.99. The van der Waals surface area contributed by atoms with Gasteiger partial charge in [-0.05, 0) is 61.0 Å². The van der Waals surface area contributed by atoms with Gasteiger partial charge in [0.1, 0.15) is 17.6 Å². The minimum atomic E-state index is -3.86. The second-order valence-electron chi connectivity index (χ2n) is 11.8. The lowest BCUT2D eigenvalue weighted by Gasteiger charge is -2.38. The fourth-order valence-electron chi connectivity index (χ4n) is 5.74. The number of ether oxygens (including phenoxy) is 2. The Hall–Kier alpha value is -4.39. The number of methoxy groups -OCH3 is 1. The minimum absolute atomic E-state index is 0.00796. The summed E-state index contributed by atoms with van der Waals surface area (Å²) < 4.78 is 41.6. The van der Waals surface area contributed by atoms with E-state index >= 15 is 0 Å². The number of nitrogens with one attached hydrogen (secondary N) is 1. The van der Waals surface area contributed by atoms with E-state index in [2.05, 4.69) is 5.32 Å². The maximum absolute atomic E-state index is 13.8. The summed E-state index contributed by atoms with van der Waals surface area (Å²) in [6, 6.07) is 18.4. The molecule has 1 aliphatic heterocycles. The lowest BCUT2D eigenvalue weighted by Crippen LogP contribution is -2.50. The number of anilines is 1. The number of nitrogens with zero attached hydrogens (tertiary/aromatic N) is 3. The zero-order valence-corrected chi connectivity index (χ0v) is 27.5. The van der Waals surface area contributed by atoms with Gasteiger partial charge in [-0.3, -0.25) is 9.59 Å². The molecule has 0 spiro atoms. The van der Waals surface area contributed by atoms with E-state index in [1.54, 1.807) is 42.2 Å². The second kappa shape index (κ2) is 13.5. The van der Waals surface area contributed by atoms with Gasteiger partial charge in [-0.25, -0.2) is 8.42 Å². The number of sulfonamides is 1. The Labute approximate surface area is 269 Å². The molecule has 2 N–H and O–H groups in total. The summed E-state index contributed by atoms with van der Waals surface area (Å²) in [7, 11) is 1.07. The van der Waals surface area contributed by atoms with E-state index in [9.17, 15) is 23.1 Å². The van der Waals surface area contributed by atoms with E-state index in [1.807, 2.05) is 49.0 Å². The SMILES string of the molecule is COc1ccc(S(=O)(=O)N(C)C[C@H]2Oc3ccc(NC(=O)Cc4cn(C)c5ccccc45)cc3C(=O)N([C@H](C)CO)C[C@H]2C)cc1. The molecule has 0 saturated carbocycles. The van der Waals surface area contributed by atoms with E-state index in [0.717, 1.165) is 16.5 Å². The third kappa shape index (κ3) is 6.74. The molecule has 0 bridgehead atoms. The van der Waals surface area contributed by atoms with E-state index < -0.39 is 22.2 Å². The van der Waals surface area contributed by atoms with Crippen molar-refractivity contribution in [3.8, 4) is 11.5 Å². The van der Waals surface area contributed by atoms with Crippen molar-refractivity contribution in [2.75, 3.05) is 39.2 Å². The Morgan fingerprint density at radius 2 is 1.87 bits per heavy atom. The molecule has 1 aliphatic rings. The molecule has 0 fully saturated rings. The second-order valence-corrected chi connectivity index (χ2v) is 13.8. The molecule has 12 heteroatoms. The molecule has 244 valence electrons. The molecule has 0 unspecified atom stereocenters. The summed E-state index contributed by atoms with van der Waals surface area (Å²) >= 11 is 0. The van der Waals surface area contributed by atoms with Crippen LogP contribution in [0, 0.1) is 5.92 Å². The summed E-state index contributed by atoms with van der Waals surface area (Å²) in [5, 5.41) is 13.9. The summed E-state index contributed by atoms with van der Waals surface area (Å²) in [6.45, 7) is 3.60. The molecule has 2 amide bonds. The summed E-state index contributed by atoms with van der Waals surface area (Å²) in [5.74, 6) is -0.0834. The molecule has 3 atom stereocenters. The maximum atomic E-state index is 13.8. The number of hydrogen-bond acceptors (Lipinski definition) is 7. The van der Waals surface area contributed by atoms with Gasteiger partial charge in [0, 0.05) is 49.3 Å². The summed E-state index contributed by atoms with van der Waals surface area (Å²) in [6.07, 6.45) is 1.44. The van der Waals surface area contributed by atoms with Crippen molar-refractivity contribution < 1.29 is 32.6 Å². The average Bonchev–Trinajstić information content (AvgIpc) is 3.36. The van der Waals surface area contributed by atoms with Crippen LogP contribution in [0.1, 0.15) is 29.8 Å². The fraction of sp³-hybridized carbons (Fsp3) is 0.353. The van der Waals surface area contributed by atoms with Crippen LogP contribution in [0.2, 0.25) is 0 Å². The van der Waals surface area contributed by atoms with E-state index in [1.165, 1.54) is 30.6 Å². The number of para-hydroxylation sites is 1. The normalized spacial score (nSPS) is 17.6. The molecule has 5 rings (SSSR count). The third-order valence-electron chi connectivity index (χ3n) is 8.48. The standard InChI is InChI=1S/C34H40N4O7S/c1-22-18-38(23(2)21-39)34(41)29-17-25(35-33(40)16-24-19-36(3)30-9-7-6-8-28(24)30)10-15-31(29)45-32(22)20-37(4)46(42,43)27-13-11-26(44-5)12-14-27/h6-15,17,19,22-23,32,39H,16,18,20-21H2,1-5H3,(H,35,40)/t22-,23-,32-/m1/s1. The molecule has 2 heterocycles. The molecular formula is C34H40N4O7S. The van der Waals surface area contributed by atoms with Gasteiger partial charge in [0.05, 0.1) is 43.2 Å². The van der Waals surface area contributed by atoms with Gasteiger partial charge < -0.3 is 29.4 Å². The highest BCUT2D eigenvalue weighted by Gasteiger charge is 2.35. The first-order valence-corrected chi connectivity index (χ1v) is 16.5. The number of benzene rings is 3. The fourth-order valence-corrected chi connectivity index (χ4v) is 6.93. The van der Waals surface area contributed by atoms with Gasteiger partial charge in [0.15, 0.2) is 0 Å². The highest BCUT2D eigenvalue weighted by atomic mass is 32.2. The highest BCUT2D eigenvalue weighted by molar-refractivity contribution is 7.89. The number of aryl methyl sites for hydroxylation is 1. The number of likely N-dealkylation sites (N-methyl/N-ethyl adjacent to an activating group) is 1. The van der Waals surface area contributed by atoms with Crippen LogP contribution in [0.15, 0.2) is 77.8 Å². The Morgan fingerprint density at radius 3 is 2.57 bits per heavy atom. The molecular weight excluding hydrogens is 608 g/mol. The van der Waals surface area contributed by atoms with Gasteiger partial charge >= 0.3 is 0 Å². The zero-order valence-electron chi connectivity index (χ0n) is 26.6. The first kappa shape index (κ1) is 33.0. The van der Waals surface area contributed by atoms with Crippen molar-refractivity contribution in [3.05, 3.63) is 84.1 Å². The van der Waals surface area contributed by atoms with E-state index in [0.29, 0.717) is 11.4 Å². The molecule has 0 saturated heterocycles. The van der Waals surface area contributed by atoms with Gasteiger partial charge in [0.2, 0.25) is 15.9 Å². The van der Waals surface area contributed by atoms with Gasteiger partial charge in [-0.15, -0.1) is 0 Å². The topological polar surface area (TPSA) is 130 Å². The number of amides is 2. The molecule has 1 aromatic heterocycles. The number of aromatic nitrogens is 1. The number of rotatable bonds is 10. The number of hydrogen-bond donors (Lipinski definition) is 2. The van der Waals surface area contributed by atoms with Crippen LogP contribution in [0.25, 0.3) is 10.9 Å². The number of aliphatic hydroxyl groups excluding tert-OH is 1. The van der Waals surface area contributed by atoms with Crippen LogP contribution in [0.5, 0.6) is 11.5 Å². The largest absolute Gasteiger partial charge is 0.497 e. The Bertz CT molecular complexity index is 1840. The van der Waals surface area contributed by atoms with Crippen molar-refractivity contribution in [2.45, 2.75) is 37.3 Å². The smallest absolute Gasteiger partial charge is 0.258 e. The predicted octanol–water partition coefficient (Wildman–Crippen LogP) is 3.91. The molecule has 4 aromatic rings. The maximum Gasteiger partial charge on any atom is 0.258 e. The minimum Gasteiger partial charge on any atom is -0.497 e. The van der Waals surface area contributed by atoms with Gasteiger partial charge in [-0.2, -0.15) is 4.31 Å². The van der Waals surface area contributed by atoms with Crippen LogP contribution < -0.4 is 14.8 Å². The average molecular weight is 649 g/mol. The van der Waals surface area contributed by atoms with Crippen LogP contribution in [-0.4, -0.2) is 85.1 Å². The van der Waals surface area contributed by atoms with Crippen molar-refractivity contribution >= 4 is 38.4 Å². The number of carbonyl (C=O) groups excluding carboxylic acids is 2. The number of fused-ring (bicyclic) bond motifs is 2. The quantitative estimate of drug-likeness (QED) is 0.267. The predicted molar refractivity (Wildman–Crippen MR) is 176 cm³/mol. The molecule has 11 nitrogen and oxygen atoms in total. The van der Waals surface area contributed by atoms with Crippen molar-refractivity contribution in [2.24, 2.45) is 13.0 Å². The van der Waals surface area contributed by atoms with Gasteiger partial charge in [-0.1, -0.05) is 25.1 Å². The first-order chi connectivity index (χ1) is 21.9. The van der Waals surface area contributed by atoms with Crippen LogP contribution in [-0.2, 0) is 28.3 Å². The number of carbonyl (C=O) groups is 2. The van der Waals surface area contributed by atoms with Crippen molar-refractivity contribution in [1.29, 1.82) is 0 Å². The lowest BCUT2D eigenvalue weighted by molar-refractivity contribution is -0.115. The highest BCUT2D eigenvalue weighted by Crippen LogP contribution is 2.32. The van der Waals surface area contributed by atoms with Crippen molar-refractivity contribution in [3.63, 3.8) is 0 Å². The summed E-state index contributed by atoms with van der Waals surface area (Å²) in [5.41, 5.74) is 2.54. The summed E-state index contributed by atoms with van der Waals surface area (Å²) in [4.78, 5) is 28.7. The van der Waals surface area contributed by atoms with Gasteiger partial charge in [0.25, 0.3) is 5.91 Å². The van der Waals surface area contributed by atoms with Crippen LogP contribution in [0.4, 0.5) is 5.69 Å². The first-order valence-electron chi connectivity index (χ1n) is 15.1. The van der Waals surface area contributed by atoms with Crippen molar-refractivity contribution in [1.82, 2.24) is 13.8 Å². The third-order valence-corrected chi connectivity index (χ3v) is 10.3. The van der Waals surface area contributed by atoms with E-state index in [-0.39, 0.29) is 60.1 Å². The molecule has 0 radical (unpaired) electrons.